The number of nitrogens with one attached hydrogen (secondary N) is 1. The molecule has 2 N–H and O–H groups in total. The highest BCUT2D eigenvalue weighted by Gasteiger charge is 2.21. The monoisotopic (exact) mass is 205 g/mol. The lowest BCUT2D eigenvalue weighted by atomic mass is 10.1. The lowest BCUT2D eigenvalue weighted by Crippen LogP contribution is -2.21. The van der Waals surface area contributed by atoms with Crippen LogP contribution in [0.15, 0.2) is 18.2 Å². The van der Waals surface area contributed by atoms with Crippen molar-refractivity contribution in [2.24, 2.45) is 0 Å². The number of hydrogen-bond acceptors (Lipinski definition) is 2. The highest BCUT2D eigenvalue weighted by atomic mass is 16.3. The molecule has 0 aliphatic heterocycles. The molecule has 1 aliphatic carbocycles. The van der Waals surface area contributed by atoms with Gasteiger partial charge in [-0.1, -0.05) is 23.8 Å². The van der Waals surface area contributed by atoms with Gasteiger partial charge in [0, 0.05) is 12.6 Å². The van der Waals surface area contributed by atoms with Gasteiger partial charge < -0.3 is 10.4 Å². The maximum absolute atomic E-state index is 8.74. The van der Waals surface area contributed by atoms with Crippen LogP contribution >= 0.6 is 0 Å². The van der Waals surface area contributed by atoms with Gasteiger partial charge in [0.15, 0.2) is 0 Å². The van der Waals surface area contributed by atoms with Crippen LogP contribution in [0, 0.1) is 6.92 Å². The van der Waals surface area contributed by atoms with Crippen LogP contribution in [-0.4, -0.2) is 18.3 Å². The van der Waals surface area contributed by atoms with Crippen molar-refractivity contribution in [1.82, 2.24) is 5.32 Å². The molecular weight excluding hydrogens is 186 g/mol. The van der Waals surface area contributed by atoms with Crippen molar-refractivity contribution in [3.05, 3.63) is 34.9 Å². The molecule has 1 atom stereocenters. The first-order valence-electron chi connectivity index (χ1n) is 5.75. The van der Waals surface area contributed by atoms with Crippen molar-refractivity contribution in [1.29, 1.82) is 0 Å². The van der Waals surface area contributed by atoms with Gasteiger partial charge in [0.2, 0.25) is 0 Å². The number of rotatable bonds is 4. The van der Waals surface area contributed by atoms with Crippen LogP contribution in [0.5, 0.6) is 0 Å². The summed E-state index contributed by atoms with van der Waals surface area (Å²) in [5.74, 6) is 0. The summed E-state index contributed by atoms with van der Waals surface area (Å²) >= 11 is 0. The van der Waals surface area contributed by atoms with Gasteiger partial charge in [-0.2, -0.15) is 0 Å². The molecule has 0 bridgehead atoms. The number of hydrogen-bond donors (Lipinski definition) is 2. The van der Waals surface area contributed by atoms with E-state index in [0.29, 0.717) is 6.04 Å². The van der Waals surface area contributed by atoms with Crippen LogP contribution < -0.4 is 5.32 Å². The van der Waals surface area contributed by atoms with Gasteiger partial charge in [-0.25, -0.2) is 0 Å². The Morgan fingerprint density at radius 2 is 2.33 bits per heavy atom. The van der Waals surface area contributed by atoms with E-state index < -0.39 is 0 Å². The third-order valence-corrected chi connectivity index (χ3v) is 3.10. The van der Waals surface area contributed by atoms with E-state index in [0.717, 1.165) is 13.0 Å². The average molecular weight is 205 g/mol. The van der Waals surface area contributed by atoms with Gasteiger partial charge in [-0.05, 0) is 43.9 Å². The zero-order valence-corrected chi connectivity index (χ0v) is 9.29. The fourth-order valence-electron chi connectivity index (χ4n) is 2.29. The Kier molecular flexibility index (Phi) is 3.39. The highest BCUT2D eigenvalue weighted by Crippen LogP contribution is 2.31. The molecule has 1 aliphatic rings. The molecule has 2 rings (SSSR count). The van der Waals surface area contributed by atoms with E-state index in [1.54, 1.807) is 0 Å². The van der Waals surface area contributed by atoms with Crippen LogP contribution in [0.3, 0.4) is 0 Å². The molecule has 2 heteroatoms. The molecule has 0 spiro atoms. The molecule has 0 fully saturated rings. The van der Waals surface area contributed by atoms with Crippen molar-refractivity contribution in [3.8, 4) is 0 Å². The van der Waals surface area contributed by atoms with Crippen molar-refractivity contribution < 1.29 is 5.11 Å². The first-order chi connectivity index (χ1) is 7.31. The van der Waals surface area contributed by atoms with Crippen molar-refractivity contribution in [2.45, 2.75) is 32.2 Å². The molecule has 1 unspecified atom stereocenters. The largest absolute Gasteiger partial charge is 0.396 e. The number of fused-ring (bicyclic) bond motifs is 1. The Morgan fingerprint density at radius 1 is 1.47 bits per heavy atom. The van der Waals surface area contributed by atoms with Crippen LogP contribution in [0.1, 0.15) is 35.6 Å². The summed E-state index contributed by atoms with van der Waals surface area (Å²) < 4.78 is 0. The minimum Gasteiger partial charge on any atom is -0.396 e. The summed E-state index contributed by atoms with van der Waals surface area (Å²) in [6.45, 7) is 3.33. The Morgan fingerprint density at radius 3 is 3.13 bits per heavy atom. The Bertz CT molecular complexity index is 335. The van der Waals surface area contributed by atoms with E-state index in [-0.39, 0.29) is 6.61 Å². The van der Waals surface area contributed by atoms with Crippen LogP contribution in [0.4, 0.5) is 0 Å². The number of benzene rings is 1. The smallest absolute Gasteiger partial charge is 0.0443 e. The van der Waals surface area contributed by atoms with Gasteiger partial charge in [-0.15, -0.1) is 0 Å². The first kappa shape index (κ1) is 10.7. The molecule has 0 radical (unpaired) electrons. The molecule has 15 heavy (non-hydrogen) atoms. The van der Waals surface area contributed by atoms with Gasteiger partial charge in [-0.3, -0.25) is 0 Å². The Labute approximate surface area is 91.3 Å². The molecule has 0 saturated heterocycles. The minimum absolute atomic E-state index is 0.278. The lowest BCUT2D eigenvalue weighted by Gasteiger charge is -2.13. The molecule has 0 heterocycles. The van der Waals surface area contributed by atoms with E-state index in [1.807, 2.05) is 0 Å². The molecule has 2 nitrogen and oxygen atoms in total. The summed E-state index contributed by atoms with van der Waals surface area (Å²) in [6.07, 6.45) is 3.23. The fourth-order valence-corrected chi connectivity index (χ4v) is 2.29. The number of aryl methyl sites for hydroxylation is 2. The summed E-state index contributed by atoms with van der Waals surface area (Å²) in [7, 11) is 0. The van der Waals surface area contributed by atoms with Crippen LogP contribution in [0.2, 0.25) is 0 Å². The van der Waals surface area contributed by atoms with Gasteiger partial charge >= 0.3 is 0 Å². The average Bonchev–Trinajstić information content (AvgIpc) is 2.62. The summed E-state index contributed by atoms with van der Waals surface area (Å²) in [4.78, 5) is 0. The zero-order chi connectivity index (χ0) is 10.7. The van der Waals surface area contributed by atoms with Crippen molar-refractivity contribution in [2.75, 3.05) is 13.2 Å². The van der Waals surface area contributed by atoms with E-state index in [4.69, 9.17) is 5.11 Å². The van der Waals surface area contributed by atoms with Crippen LogP contribution in [0.25, 0.3) is 0 Å². The third kappa shape index (κ3) is 2.39. The van der Waals surface area contributed by atoms with E-state index >= 15 is 0 Å². The predicted octanol–water partition coefficient (Wildman–Crippen LogP) is 1.95. The Hall–Kier alpha value is -0.860. The maximum atomic E-state index is 8.74. The van der Waals surface area contributed by atoms with Crippen LogP contribution in [-0.2, 0) is 6.42 Å². The number of aliphatic hydroxyl groups excluding tert-OH is 1. The quantitative estimate of drug-likeness (QED) is 0.736. The lowest BCUT2D eigenvalue weighted by molar-refractivity contribution is 0.283. The van der Waals surface area contributed by atoms with Crippen molar-refractivity contribution >= 4 is 0 Å². The highest BCUT2D eigenvalue weighted by molar-refractivity contribution is 5.37. The van der Waals surface area contributed by atoms with Gasteiger partial charge in [0.1, 0.15) is 0 Å². The second-order valence-corrected chi connectivity index (χ2v) is 4.32. The summed E-state index contributed by atoms with van der Waals surface area (Å²) in [6, 6.07) is 7.23. The van der Waals surface area contributed by atoms with E-state index in [1.165, 1.54) is 29.5 Å². The third-order valence-electron chi connectivity index (χ3n) is 3.10. The van der Waals surface area contributed by atoms with Crippen molar-refractivity contribution in [3.63, 3.8) is 0 Å². The summed E-state index contributed by atoms with van der Waals surface area (Å²) in [5, 5.41) is 12.2. The minimum atomic E-state index is 0.278. The van der Waals surface area contributed by atoms with E-state index in [2.05, 4.69) is 30.4 Å². The van der Waals surface area contributed by atoms with Gasteiger partial charge in [0.25, 0.3) is 0 Å². The molecule has 82 valence electrons. The Balaban J connectivity index is 2.03. The molecule has 1 aromatic carbocycles. The molecule has 1 aromatic rings. The molecule has 0 amide bonds. The molecule has 0 saturated carbocycles. The second kappa shape index (κ2) is 4.77. The zero-order valence-electron chi connectivity index (χ0n) is 9.29. The second-order valence-electron chi connectivity index (χ2n) is 4.32. The molecule has 0 aromatic heterocycles. The normalized spacial score (nSPS) is 19.2. The van der Waals surface area contributed by atoms with E-state index in [9.17, 15) is 0 Å². The predicted molar refractivity (Wildman–Crippen MR) is 61.9 cm³/mol. The molecular formula is C13H19NO. The summed E-state index contributed by atoms with van der Waals surface area (Å²) in [5.41, 5.74) is 4.29. The maximum Gasteiger partial charge on any atom is 0.0443 e. The van der Waals surface area contributed by atoms with Gasteiger partial charge in [0.05, 0.1) is 0 Å². The SMILES string of the molecule is Cc1ccc2c(c1)C(NCCCO)CC2. The topological polar surface area (TPSA) is 32.3 Å². The first-order valence-corrected chi connectivity index (χ1v) is 5.75. The number of aliphatic hydroxyl groups is 1. The standard InChI is InChI=1S/C13H19NO/c1-10-3-4-11-5-6-13(12(11)9-10)14-7-2-8-15/h3-4,9,13-15H,2,5-8H2,1H3. The fraction of sp³-hybridized carbons (Fsp3) is 0.538.